The molecule has 1 heterocycles. The lowest BCUT2D eigenvalue weighted by molar-refractivity contribution is 0.309. The van der Waals surface area contributed by atoms with E-state index >= 15 is 0 Å². The molecule has 0 N–H and O–H groups in total. The van der Waals surface area contributed by atoms with Crippen LogP contribution in [0.4, 0.5) is 4.39 Å². The first-order valence-corrected chi connectivity index (χ1v) is 7.02. The maximum atomic E-state index is 13.3. The molecule has 1 aliphatic rings. The Kier molecular flexibility index (Phi) is 9.18. The number of allylic oxidation sites excluding steroid dienone is 3. The summed E-state index contributed by atoms with van der Waals surface area (Å²) in [5, 5.41) is 0. The second-order valence-electron chi connectivity index (χ2n) is 3.82. The van der Waals surface area contributed by atoms with Crippen LogP contribution in [0.15, 0.2) is 36.0 Å². The summed E-state index contributed by atoms with van der Waals surface area (Å²) in [6, 6.07) is 0. The molecule has 1 rings (SSSR count). The Morgan fingerprint density at radius 1 is 1.24 bits per heavy atom. The molecule has 1 aliphatic heterocycles. The number of hydrogen-bond donors (Lipinski definition) is 0. The van der Waals surface area contributed by atoms with Gasteiger partial charge in [0.15, 0.2) is 0 Å². The molecule has 0 bridgehead atoms. The lowest BCUT2D eigenvalue weighted by Crippen LogP contribution is -2.27. The van der Waals surface area contributed by atoms with Gasteiger partial charge in [0.25, 0.3) is 0 Å². The molecule has 0 aromatic rings. The van der Waals surface area contributed by atoms with Crippen molar-refractivity contribution in [2.45, 2.75) is 33.6 Å². The van der Waals surface area contributed by atoms with Crippen LogP contribution in [0, 0.1) is 5.92 Å². The second-order valence-corrected chi connectivity index (χ2v) is 4.96. The van der Waals surface area contributed by atoms with Gasteiger partial charge in [-0.05, 0) is 36.8 Å². The van der Waals surface area contributed by atoms with E-state index in [1.807, 2.05) is 13.8 Å². The highest BCUT2D eigenvalue weighted by atomic mass is 32.2. The van der Waals surface area contributed by atoms with E-state index in [1.54, 1.807) is 6.08 Å². The van der Waals surface area contributed by atoms with Gasteiger partial charge in [-0.25, -0.2) is 8.70 Å². The highest BCUT2D eigenvalue weighted by molar-refractivity contribution is 8.01. The third kappa shape index (κ3) is 6.08. The van der Waals surface area contributed by atoms with E-state index in [4.69, 9.17) is 0 Å². The van der Waals surface area contributed by atoms with Crippen LogP contribution in [0.5, 0.6) is 0 Å². The fourth-order valence-corrected chi connectivity index (χ4v) is 2.41. The smallest absolute Gasteiger partial charge is 0.137 e. The Morgan fingerprint density at radius 3 is 2.18 bits per heavy atom. The van der Waals surface area contributed by atoms with Gasteiger partial charge >= 0.3 is 0 Å². The van der Waals surface area contributed by atoms with Crippen LogP contribution in [-0.4, -0.2) is 17.4 Å². The van der Waals surface area contributed by atoms with E-state index in [0.29, 0.717) is 4.91 Å². The van der Waals surface area contributed by atoms with Gasteiger partial charge in [-0.2, -0.15) is 0 Å². The highest BCUT2D eigenvalue weighted by Gasteiger charge is 2.17. The maximum absolute atomic E-state index is 13.3. The Morgan fingerprint density at radius 2 is 1.76 bits per heavy atom. The van der Waals surface area contributed by atoms with Gasteiger partial charge in [0.2, 0.25) is 0 Å². The zero-order chi connectivity index (χ0) is 13.3. The molecule has 0 amide bonds. The summed E-state index contributed by atoms with van der Waals surface area (Å²) in [4.78, 5) is 0.569. The van der Waals surface area contributed by atoms with Crippen molar-refractivity contribution < 1.29 is 4.39 Å². The summed E-state index contributed by atoms with van der Waals surface area (Å²) in [6.07, 6.45) is 5.16. The summed E-state index contributed by atoms with van der Waals surface area (Å²) < 4.78 is 15.5. The van der Waals surface area contributed by atoms with Crippen molar-refractivity contribution in [2.75, 3.05) is 13.1 Å². The third-order valence-electron chi connectivity index (χ3n) is 2.57. The number of hydrogen-bond acceptors (Lipinski definition) is 2. The van der Waals surface area contributed by atoms with Crippen LogP contribution < -0.4 is 0 Å². The molecule has 17 heavy (non-hydrogen) atoms. The largest absolute Gasteiger partial charge is 0.246 e. The Hall–Kier alpha value is -0.540. The lowest BCUT2D eigenvalue weighted by atomic mass is 10.0. The monoisotopic (exact) mass is 257 g/mol. The van der Waals surface area contributed by atoms with Crippen LogP contribution in [-0.2, 0) is 0 Å². The molecule has 3 heteroatoms. The molecule has 0 aliphatic carbocycles. The van der Waals surface area contributed by atoms with Crippen molar-refractivity contribution in [3.8, 4) is 0 Å². The molecule has 0 radical (unpaired) electrons. The third-order valence-corrected chi connectivity index (χ3v) is 3.75. The van der Waals surface area contributed by atoms with Gasteiger partial charge in [0.1, 0.15) is 5.83 Å². The topological polar surface area (TPSA) is 3.24 Å². The number of rotatable bonds is 4. The van der Waals surface area contributed by atoms with Crippen LogP contribution in [0.25, 0.3) is 0 Å². The average molecular weight is 257 g/mol. The minimum absolute atomic E-state index is 0.284. The minimum atomic E-state index is -0.284. The van der Waals surface area contributed by atoms with Gasteiger partial charge < -0.3 is 0 Å². The Balaban J connectivity index is 0.00000121. The summed E-state index contributed by atoms with van der Waals surface area (Å²) >= 11 is 1.45. The molecule has 0 unspecified atom stereocenters. The zero-order valence-corrected chi connectivity index (χ0v) is 12.0. The van der Waals surface area contributed by atoms with E-state index in [1.165, 1.54) is 30.9 Å². The summed E-state index contributed by atoms with van der Waals surface area (Å²) in [7, 11) is 0. The van der Waals surface area contributed by atoms with Crippen LogP contribution in [0.3, 0.4) is 0 Å². The van der Waals surface area contributed by atoms with E-state index in [2.05, 4.69) is 24.4 Å². The molecule has 0 atom stereocenters. The molecule has 1 nitrogen and oxygen atoms in total. The Bertz CT molecular complexity index is 265. The number of halogens is 1. The molecule has 1 fully saturated rings. The molecular weight excluding hydrogens is 233 g/mol. The first-order valence-electron chi connectivity index (χ1n) is 6.25. The van der Waals surface area contributed by atoms with Crippen molar-refractivity contribution in [3.63, 3.8) is 0 Å². The van der Waals surface area contributed by atoms with Gasteiger partial charge in [-0.15, -0.1) is 0 Å². The fourth-order valence-electron chi connectivity index (χ4n) is 1.49. The lowest BCUT2D eigenvalue weighted by Gasteiger charge is -2.29. The van der Waals surface area contributed by atoms with E-state index < -0.39 is 0 Å². The number of piperidine rings is 1. The normalized spacial score (nSPS) is 18.8. The van der Waals surface area contributed by atoms with Crippen molar-refractivity contribution in [2.24, 2.45) is 5.92 Å². The first kappa shape index (κ1) is 16.5. The van der Waals surface area contributed by atoms with Crippen molar-refractivity contribution in [1.82, 2.24) is 4.31 Å². The van der Waals surface area contributed by atoms with Crippen molar-refractivity contribution in [1.29, 1.82) is 0 Å². The van der Waals surface area contributed by atoms with Crippen LogP contribution >= 0.6 is 11.9 Å². The van der Waals surface area contributed by atoms with E-state index in [-0.39, 0.29) is 5.83 Å². The molecule has 0 spiro atoms. The van der Waals surface area contributed by atoms with E-state index in [0.717, 1.165) is 19.0 Å². The second kappa shape index (κ2) is 9.49. The standard InChI is InChI=1S/C12H18FNS.C2H6/c1-4-11(13)12(5-2)15-14-8-6-10(3)7-9-14;1-2/h4-5,10H,1-2,6-9H2,3H3;1-2H3/b12-11-;. The molecule has 0 saturated carbocycles. The van der Waals surface area contributed by atoms with Gasteiger partial charge in [0, 0.05) is 13.1 Å². The average Bonchev–Trinajstić information content (AvgIpc) is 2.39. The minimum Gasteiger partial charge on any atom is -0.246 e. The number of nitrogens with zero attached hydrogens (tertiary/aromatic N) is 1. The summed E-state index contributed by atoms with van der Waals surface area (Å²) in [5.41, 5.74) is 0. The predicted octanol–water partition coefficient (Wildman–Crippen LogP) is 4.95. The summed E-state index contributed by atoms with van der Waals surface area (Å²) in [5.74, 6) is 0.510. The van der Waals surface area contributed by atoms with Gasteiger partial charge in [0.05, 0.1) is 4.91 Å². The summed E-state index contributed by atoms with van der Waals surface area (Å²) in [6.45, 7) is 15.3. The molecule has 1 saturated heterocycles. The Labute approximate surface area is 110 Å². The maximum Gasteiger partial charge on any atom is 0.137 e. The fraction of sp³-hybridized carbons (Fsp3) is 0.571. The van der Waals surface area contributed by atoms with E-state index in [9.17, 15) is 4.39 Å². The SMILES string of the molecule is C=C/C(F)=C(\C=C)SN1CCC(C)CC1.CC. The molecule has 0 aromatic heterocycles. The van der Waals surface area contributed by atoms with Gasteiger partial charge in [-0.3, -0.25) is 0 Å². The first-order chi connectivity index (χ1) is 8.17. The van der Waals surface area contributed by atoms with Crippen LogP contribution in [0.1, 0.15) is 33.6 Å². The van der Waals surface area contributed by atoms with Crippen LogP contribution in [0.2, 0.25) is 0 Å². The molecule has 98 valence electrons. The zero-order valence-electron chi connectivity index (χ0n) is 11.2. The highest BCUT2D eigenvalue weighted by Crippen LogP contribution is 2.30. The predicted molar refractivity (Wildman–Crippen MR) is 77.4 cm³/mol. The molecular formula is C14H24FNS. The quantitative estimate of drug-likeness (QED) is 0.518. The molecule has 0 aromatic carbocycles. The van der Waals surface area contributed by atoms with Crippen molar-refractivity contribution >= 4 is 11.9 Å². The van der Waals surface area contributed by atoms with Gasteiger partial charge in [-0.1, -0.05) is 40.0 Å². The van der Waals surface area contributed by atoms with Crippen molar-refractivity contribution in [3.05, 3.63) is 36.0 Å².